The molecule has 2 saturated heterocycles. The van der Waals surface area contributed by atoms with E-state index in [1.807, 2.05) is 10.6 Å². The molecule has 3 aromatic rings. The fourth-order valence-electron chi connectivity index (χ4n) is 4.02. The largest absolute Gasteiger partial charge is 0.351 e. The van der Waals surface area contributed by atoms with E-state index in [0.29, 0.717) is 12.1 Å². The molecule has 2 bridgehead atoms. The summed E-state index contributed by atoms with van der Waals surface area (Å²) >= 11 is 0. The first-order chi connectivity index (χ1) is 11.7. The highest BCUT2D eigenvalue weighted by atomic mass is 19.1. The van der Waals surface area contributed by atoms with Gasteiger partial charge in [0.2, 0.25) is 0 Å². The number of aromatic nitrogens is 3. The molecular formula is C18H18FN5. The number of hydrogen-bond acceptors (Lipinski definition) is 4. The van der Waals surface area contributed by atoms with Gasteiger partial charge in [-0.15, -0.1) is 0 Å². The van der Waals surface area contributed by atoms with Crippen LogP contribution in [0.25, 0.3) is 16.9 Å². The van der Waals surface area contributed by atoms with Gasteiger partial charge in [-0.3, -0.25) is 4.90 Å². The second kappa shape index (κ2) is 5.01. The monoisotopic (exact) mass is 323 g/mol. The summed E-state index contributed by atoms with van der Waals surface area (Å²) in [6.45, 7) is 2.10. The number of likely N-dealkylation sites (tertiary alicyclic amines) is 1. The van der Waals surface area contributed by atoms with Crippen LogP contribution in [0.4, 0.5) is 10.2 Å². The van der Waals surface area contributed by atoms with Gasteiger partial charge in [0.15, 0.2) is 5.65 Å². The van der Waals surface area contributed by atoms with Crippen LogP contribution in [0.2, 0.25) is 0 Å². The zero-order valence-electron chi connectivity index (χ0n) is 13.4. The third-order valence-corrected chi connectivity index (χ3v) is 5.29. The van der Waals surface area contributed by atoms with E-state index in [0.717, 1.165) is 35.8 Å². The van der Waals surface area contributed by atoms with Crippen LogP contribution in [0.15, 0.2) is 42.6 Å². The van der Waals surface area contributed by atoms with E-state index in [1.165, 1.54) is 18.6 Å². The molecule has 0 radical (unpaired) electrons. The van der Waals surface area contributed by atoms with E-state index in [2.05, 4.69) is 33.0 Å². The van der Waals surface area contributed by atoms with Gasteiger partial charge in [-0.2, -0.15) is 9.61 Å². The molecule has 5 nitrogen and oxygen atoms in total. The maximum atomic E-state index is 13.2. The minimum Gasteiger partial charge on any atom is -0.351 e. The van der Waals surface area contributed by atoms with Crippen LogP contribution >= 0.6 is 0 Å². The number of halogens is 1. The summed E-state index contributed by atoms with van der Waals surface area (Å²) in [5.41, 5.74) is 2.60. The van der Waals surface area contributed by atoms with Gasteiger partial charge >= 0.3 is 0 Å². The van der Waals surface area contributed by atoms with Crippen molar-refractivity contribution in [1.82, 2.24) is 19.5 Å². The van der Waals surface area contributed by atoms with Crippen LogP contribution < -0.4 is 4.90 Å². The van der Waals surface area contributed by atoms with Crippen LogP contribution in [0.1, 0.15) is 6.42 Å². The summed E-state index contributed by atoms with van der Waals surface area (Å²) < 4.78 is 15.1. The molecule has 0 spiro atoms. The molecule has 2 aromatic heterocycles. The fraction of sp³-hybridized carbons (Fsp3) is 0.333. The average molecular weight is 323 g/mol. The van der Waals surface area contributed by atoms with Crippen molar-refractivity contribution >= 4 is 11.5 Å². The lowest BCUT2D eigenvalue weighted by Crippen LogP contribution is -2.45. The van der Waals surface area contributed by atoms with Crippen molar-refractivity contribution in [3.8, 4) is 11.3 Å². The second-order valence-electron chi connectivity index (χ2n) is 6.74. The summed E-state index contributed by atoms with van der Waals surface area (Å²) in [4.78, 5) is 9.56. The van der Waals surface area contributed by atoms with Crippen molar-refractivity contribution in [1.29, 1.82) is 0 Å². The van der Waals surface area contributed by atoms with Crippen molar-refractivity contribution in [2.24, 2.45) is 0 Å². The molecule has 4 heterocycles. The van der Waals surface area contributed by atoms with Crippen molar-refractivity contribution in [3.63, 3.8) is 0 Å². The van der Waals surface area contributed by atoms with Crippen LogP contribution in [-0.4, -0.2) is 51.7 Å². The van der Waals surface area contributed by atoms with E-state index < -0.39 is 0 Å². The first-order valence-corrected chi connectivity index (χ1v) is 8.27. The average Bonchev–Trinajstić information content (AvgIpc) is 3.28. The molecule has 122 valence electrons. The third-order valence-electron chi connectivity index (χ3n) is 5.29. The highest BCUT2D eigenvalue weighted by molar-refractivity contribution is 5.67. The zero-order valence-corrected chi connectivity index (χ0v) is 13.4. The van der Waals surface area contributed by atoms with Crippen LogP contribution in [0.5, 0.6) is 0 Å². The van der Waals surface area contributed by atoms with E-state index in [4.69, 9.17) is 0 Å². The van der Waals surface area contributed by atoms with Gasteiger partial charge in [0, 0.05) is 42.9 Å². The molecule has 2 fully saturated rings. The minimum atomic E-state index is -0.232. The molecule has 24 heavy (non-hydrogen) atoms. The lowest BCUT2D eigenvalue weighted by Gasteiger charge is -2.33. The number of fused-ring (bicyclic) bond motifs is 3. The number of likely N-dealkylation sites (N-methyl/N-ethyl adjacent to an activating group) is 1. The van der Waals surface area contributed by atoms with Crippen LogP contribution in [0.3, 0.4) is 0 Å². The van der Waals surface area contributed by atoms with Crippen molar-refractivity contribution in [2.75, 3.05) is 25.0 Å². The number of piperazine rings is 1. The van der Waals surface area contributed by atoms with E-state index in [1.54, 1.807) is 18.3 Å². The van der Waals surface area contributed by atoms with Gasteiger partial charge in [0.1, 0.15) is 11.6 Å². The molecule has 2 aliphatic heterocycles. The summed E-state index contributed by atoms with van der Waals surface area (Å²) in [5.74, 6) is 0.842. The normalized spacial score (nSPS) is 23.5. The molecule has 2 aliphatic rings. The number of anilines is 1. The topological polar surface area (TPSA) is 36.7 Å². The van der Waals surface area contributed by atoms with Gasteiger partial charge in [-0.1, -0.05) is 0 Å². The van der Waals surface area contributed by atoms with E-state index in [9.17, 15) is 4.39 Å². The maximum absolute atomic E-state index is 13.2. The highest BCUT2D eigenvalue weighted by Gasteiger charge is 2.42. The Kier molecular flexibility index (Phi) is 2.91. The summed E-state index contributed by atoms with van der Waals surface area (Å²) in [7, 11) is 2.20. The van der Waals surface area contributed by atoms with Crippen LogP contribution in [0, 0.1) is 5.82 Å². The zero-order chi connectivity index (χ0) is 16.3. The predicted octanol–water partition coefficient (Wildman–Crippen LogP) is 2.43. The molecule has 0 amide bonds. The minimum absolute atomic E-state index is 0.232. The molecule has 0 aliphatic carbocycles. The Hall–Kier alpha value is -2.47. The molecule has 5 rings (SSSR count). The highest BCUT2D eigenvalue weighted by Crippen LogP contribution is 2.35. The standard InChI is InChI=1S/C18H18FN5/c1-22-10-15-8-14(22)11-23(15)18-9-16(12-2-4-13(19)5-3-12)21-17-6-7-20-24(17)18/h2-7,9,14-15H,8,10-11H2,1H3/t14-,15-/m0/s1. The smallest absolute Gasteiger partial charge is 0.157 e. The fourth-order valence-corrected chi connectivity index (χ4v) is 4.02. The number of rotatable bonds is 2. The Balaban J connectivity index is 1.63. The number of nitrogens with zero attached hydrogens (tertiary/aromatic N) is 5. The molecule has 0 N–H and O–H groups in total. The number of hydrogen-bond donors (Lipinski definition) is 0. The molecular weight excluding hydrogens is 305 g/mol. The predicted molar refractivity (Wildman–Crippen MR) is 90.6 cm³/mol. The Morgan fingerprint density at radius 3 is 2.62 bits per heavy atom. The Morgan fingerprint density at radius 1 is 1.08 bits per heavy atom. The van der Waals surface area contributed by atoms with Crippen molar-refractivity contribution in [2.45, 2.75) is 18.5 Å². The first-order valence-electron chi connectivity index (χ1n) is 8.27. The molecule has 2 atom stereocenters. The molecule has 1 aromatic carbocycles. The Bertz CT molecular complexity index is 901. The molecule has 0 saturated carbocycles. The van der Waals surface area contributed by atoms with Crippen molar-refractivity contribution in [3.05, 3.63) is 48.4 Å². The number of benzene rings is 1. The summed E-state index contributed by atoms with van der Waals surface area (Å²) in [5, 5.41) is 4.45. The quantitative estimate of drug-likeness (QED) is 0.726. The Morgan fingerprint density at radius 2 is 1.92 bits per heavy atom. The van der Waals surface area contributed by atoms with E-state index in [-0.39, 0.29) is 5.82 Å². The van der Waals surface area contributed by atoms with Gasteiger partial charge in [-0.25, -0.2) is 9.37 Å². The SMILES string of the molecule is CN1C[C@@H]2C[C@H]1CN2c1cc(-c2ccc(F)cc2)nc2ccnn12. The molecule has 0 unspecified atom stereocenters. The first kappa shape index (κ1) is 13.9. The summed E-state index contributed by atoms with van der Waals surface area (Å²) in [6, 6.07) is 11.6. The third kappa shape index (κ3) is 2.03. The van der Waals surface area contributed by atoms with E-state index >= 15 is 0 Å². The lowest BCUT2D eigenvalue weighted by molar-refractivity contribution is 0.291. The second-order valence-corrected chi connectivity index (χ2v) is 6.74. The van der Waals surface area contributed by atoms with Crippen LogP contribution in [-0.2, 0) is 0 Å². The maximum Gasteiger partial charge on any atom is 0.157 e. The van der Waals surface area contributed by atoms with Crippen molar-refractivity contribution < 1.29 is 4.39 Å². The Labute approximate surface area is 139 Å². The van der Waals surface area contributed by atoms with Gasteiger partial charge in [0.25, 0.3) is 0 Å². The molecule has 6 heteroatoms. The summed E-state index contributed by atoms with van der Waals surface area (Å²) in [6.07, 6.45) is 2.98. The lowest BCUT2D eigenvalue weighted by atomic mass is 10.1. The van der Waals surface area contributed by atoms with Gasteiger partial charge in [0.05, 0.1) is 11.9 Å². The van der Waals surface area contributed by atoms with Gasteiger partial charge in [-0.05, 0) is 37.7 Å². The van der Waals surface area contributed by atoms with Gasteiger partial charge < -0.3 is 4.90 Å².